The van der Waals surface area contributed by atoms with Gasteiger partial charge in [0.2, 0.25) is 11.8 Å². The molecule has 268 valence electrons. The first-order valence-corrected chi connectivity index (χ1v) is 18.0. The predicted octanol–water partition coefficient (Wildman–Crippen LogP) is 2.69. The molecule has 1 aromatic carbocycles. The van der Waals surface area contributed by atoms with Crippen molar-refractivity contribution >= 4 is 38.9 Å². The van der Waals surface area contributed by atoms with E-state index in [9.17, 15) is 9.59 Å². The van der Waals surface area contributed by atoms with Crippen molar-refractivity contribution in [1.82, 2.24) is 35.3 Å². The van der Waals surface area contributed by atoms with Gasteiger partial charge in [-0.3, -0.25) is 14.3 Å². The molecule has 4 aromatic rings. The highest BCUT2D eigenvalue weighted by molar-refractivity contribution is 6.39. The summed E-state index contributed by atoms with van der Waals surface area (Å²) < 4.78 is 7.53. The maximum atomic E-state index is 13.2. The summed E-state index contributed by atoms with van der Waals surface area (Å²) in [4.78, 5) is 38.7. The Hall–Kier alpha value is -5.50. The highest BCUT2D eigenvalue weighted by Gasteiger charge is 2.43. The van der Waals surface area contributed by atoms with Crippen LogP contribution in [-0.4, -0.2) is 78.3 Å². The van der Waals surface area contributed by atoms with Gasteiger partial charge in [-0.2, -0.15) is 5.10 Å². The molecule has 14 nitrogen and oxygen atoms in total. The first kappa shape index (κ1) is 34.6. The van der Waals surface area contributed by atoms with E-state index in [1.165, 1.54) is 12.3 Å². The summed E-state index contributed by atoms with van der Waals surface area (Å²) in [6.07, 6.45) is 10.8. The maximum Gasteiger partial charge on any atom is 0.269 e. The average molecular weight is 709 g/mol. The van der Waals surface area contributed by atoms with Gasteiger partial charge in [-0.05, 0) is 55.6 Å². The number of rotatable bonds is 12. The number of para-hydroxylation sites is 1. The molecule has 7 N–H and O–H groups in total. The molecule has 1 unspecified atom stereocenters. The summed E-state index contributed by atoms with van der Waals surface area (Å²) in [6.45, 7) is 3.29. The lowest BCUT2D eigenvalue weighted by molar-refractivity contribution is -0.121. The molecular weight excluding hydrogens is 668 g/mol. The lowest BCUT2D eigenvalue weighted by Crippen LogP contribution is -2.60. The molecule has 3 aromatic heterocycles. The van der Waals surface area contributed by atoms with Crippen LogP contribution in [0.2, 0.25) is 0 Å². The number of oxazole rings is 1. The summed E-state index contributed by atoms with van der Waals surface area (Å²) in [5.41, 5.74) is 18.8. The van der Waals surface area contributed by atoms with Crippen LogP contribution in [0.4, 0.5) is 11.4 Å². The van der Waals surface area contributed by atoms with Gasteiger partial charge in [0.05, 0.1) is 62.9 Å². The Balaban J connectivity index is 1.07. The molecule has 5 heterocycles. The smallest absolute Gasteiger partial charge is 0.269 e. The molecule has 4 aliphatic rings. The van der Waals surface area contributed by atoms with Gasteiger partial charge < -0.3 is 41.6 Å². The van der Waals surface area contributed by atoms with Crippen molar-refractivity contribution in [2.45, 2.75) is 62.5 Å². The molecule has 53 heavy (non-hydrogen) atoms. The van der Waals surface area contributed by atoms with Crippen molar-refractivity contribution < 1.29 is 14.0 Å². The van der Waals surface area contributed by atoms with E-state index in [1.54, 1.807) is 12.3 Å². The minimum atomic E-state index is -1.32. The Morgan fingerprint density at radius 1 is 1.08 bits per heavy atom. The predicted molar refractivity (Wildman–Crippen MR) is 202 cm³/mol. The topological polar surface area (TPSA) is 185 Å². The van der Waals surface area contributed by atoms with Crippen LogP contribution in [0.1, 0.15) is 62.5 Å². The Labute approximate surface area is 310 Å². The Morgan fingerprint density at radius 3 is 2.55 bits per heavy atom. The number of nitrogens with one attached hydrogen (secondary N) is 3. The molecule has 2 amide bonds. The van der Waals surface area contributed by atoms with E-state index in [2.05, 4.69) is 55.5 Å². The van der Waals surface area contributed by atoms with Gasteiger partial charge in [-0.25, -0.2) is 9.97 Å². The van der Waals surface area contributed by atoms with Crippen molar-refractivity contribution in [3.63, 3.8) is 0 Å². The van der Waals surface area contributed by atoms with Crippen LogP contribution in [0.15, 0.2) is 82.8 Å². The van der Waals surface area contributed by atoms with Crippen LogP contribution in [0.3, 0.4) is 0 Å². The monoisotopic (exact) mass is 709 g/mol. The standard InChI is InChI=1S/C37H41B2N11O3/c1-3-28-33-24(17-43-50(33)22-18-49(19-22)37(38,39)29-9-5-8-26(46-29)36-42-14-15-53-36)23-6-4-7-25(32(23)48(28)2)45-27(31(41)35(52)44-21-12-13-21)16-30(40)47-34(51)20-10-11-20/h4-9,14-17,20-22,28,45H,3,10-13,18-19,40-41H2,1-2H3,(H,44,52)(H,47,51)/b30-16+,31-27+. The number of benzene rings is 1. The second-order valence-corrected chi connectivity index (χ2v) is 14.3. The molecule has 2 aliphatic carbocycles. The number of anilines is 2. The van der Waals surface area contributed by atoms with Crippen LogP contribution >= 0.6 is 0 Å². The molecule has 3 fully saturated rings. The van der Waals surface area contributed by atoms with Crippen LogP contribution in [0.5, 0.6) is 0 Å². The zero-order chi connectivity index (χ0) is 37.0. The minimum absolute atomic E-state index is 0.0258. The van der Waals surface area contributed by atoms with Crippen molar-refractivity contribution in [3.8, 4) is 22.7 Å². The molecule has 2 saturated carbocycles. The van der Waals surface area contributed by atoms with Crippen LogP contribution in [0, 0.1) is 5.92 Å². The summed E-state index contributed by atoms with van der Waals surface area (Å²) in [5.74, 6) is -0.0746. The first-order chi connectivity index (χ1) is 25.5. The number of carbonyl (C=O) groups excluding carboxylic acids is 2. The third-order valence-corrected chi connectivity index (χ3v) is 10.5. The minimum Gasteiger partial charge on any atom is -0.443 e. The number of hydrogen-bond donors (Lipinski definition) is 5. The maximum absolute atomic E-state index is 13.2. The van der Waals surface area contributed by atoms with Crippen molar-refractivity contribution in [2.75, 3.05) is 30.4 Å². The van der Waals surface area contributed by atoms with E-state index in [0.717, 1.165) is 60.3 Å². The molecule has 16 heteroatoms. The molecule has 4 radical (unpaired) electrons. The Morgan fingerprint density at radius 2 is 1.85 bits per heavy atom. The average Bonchev–Trinajstić information content (AvgIpc) is 4.04. The van der Waals surface area contributed by atoms with E-state index >= 15 is 0 Å². The number of nitrogens with zero attached hydrogens (tertiary/aromatic N) is 6. The number of likely N-dealkylation sites (tertiary alicyclic amines) is 1. The summed E-state index contributed by atoms with van der Waals surface area (Å²) in [6, 6.07) is 11.5. The van der Waals surface area contributed by atoms with Gasteiger partial charge in [0, 0.05) is 55.0 Å². The normalized spacial score (nSPS) is 19.5. The number of aromatic nitrogens is 4. The number of carbonyl (C=O) groups is 2. The van der Waals surface area contributed by atoms with E-state index in [4.69, 9.17) is 36.7 Å². The van der Waals surface area contributed by atoms with Crippen LogP contribution < -0.4 is 32.3 Å². The summed E-state index contributed by atoms with van der Waals surface area (Å²) in [7, 11) is 15.5. The van der Waals surface area contributed by atoms with Gasteiger partial charge in [0.15, 0.2) is 0 Å². The highest BCUT2D eigenvalue weighted by Crippen LogP contribution is 2.50. The zero-order valence-electron chi connectivity index (χ0n) is 29.8. The number of pyridine rings is 1. The lowest BCUT2D eigenvalue weighted by Gasteiger charge is -2.50. The third kappa shape index (κ3) is 6.56. The second-order valence-electron chi connectivity index (χ2n) is 14.3. The van der Waals surface area contributed by atoms with Crippen molar-refractivity contribution in [1.29, 1.82) is 0 Å². The fraction of sp³-hybridized carbons (Fsp3) is 0.378. The summed E-state index contributed by atoms with van der Waals surface area (Å²) >= 11 is 0. The molecular formula is C37H41B2N11O3. The largest absolute Gasteiger partial charge is 0.443 e. The highest BCUT2D eigenvalue weighted by atomic mass is 16.3. The SMILES string of the molecule is [B]C([B])(c1cccc(-c2ncco2)n1)N1CC(n2ncc3c2C(CC)N(C)c2c(NC(/C=C(\N)NC(=O)C4CC4)=C(/N)C(=O)NC4CC4)cccc2-3)C1. The number of hydrogen-bond acceptors (Lipinski definition) is 11. The second kappa shape index (κ2) is 13.5. The number of fused-ring (bicyclic) bond motifs is 3. The Bertz CT molecular complexity index is 2110. The molecule has 1 saturated heterocycles. The van der Waals surface area contributed by atoms with Crippen LogP contribution in [-0.2, 0) is 14.9 Å². The van der Waals surface area contributed by atoms with Gasteiger partial charge in [0.1, 0.15) is 23.5 Å². The van der Waals surface area contributed by atoms with Gasteiger partial charge >= 0.3 is 0 Å². The lowest BCUT2D eigenvalue weighted by atomic mass is 9.57. The quantitative estimate of drug-likeness (QED) is 0.0828. The van der Waals surface area contributed by atoms with E-state index < -0.39 is 11.2 Å². The Kier molecular flexibility index (Phi) is 8.80. The van der Waals surface area contributed by atoms with E-state index in [0.29, 0.717) is 30.4 Å². The van der Waals surface area contributed by atoms with Crippen molar-refractivity contribution in [2.24, 2.45) is 17.4 Å². The van der Waals surface area contributed by atoms with Crippen LogP contribution in [0.25, 0.3) is 22.7 Å². The van der Waals surface area contributed by atoms with Crippen molar-refractivity contribution in [3.05, 3.63) is 89.7 Å². The van der Waals surface area contributed by atoms with E-state index in [1.807, 2.05) is 35.4 Å². The number of allylic oxidation sites excluding steroid dienone is 1. The number of amides is 2. The zero-order valence-corrected chi connectivity index (χ0v) is 29.8. The number of nitrogens with two attached hydrogens (primary N) is 2. The van der Waals surface area contributed by atoms with Gasteiger partial charge in [0.25, 0.3) is 5.91 Å². The summed E-state index contributed by atoms with van der Waals surface area (Å²) in [5, 5.41) is 12.7. The molecule has 1 atom stereocenters. The molecule has 2 aliphatic heterocycles. The fourth-order valence-corrected chi connectivity index (χ4v) is 7.17. The van der Waals surface area contributed by atoms with Gasteiger partial charge in [-0.15, -0.1) is 0 Å². The van der Waals surface area contributed by atoms with E-state index in [-0.39, 0.29) is 47.2 Å². The molecule has 0 bridgehead atoms. The fourth-order valence-electron chi connectivity index (χ4n) is 7.17. The first-order valence-electron chi connectivity index (χ1n) is 18.0. The molecule has 8 rings (SSSR count). The third-order valence-electron chi connectivity index (χ3n) is 10.5. The molecule has 0 spiro atoms. The van der Waals surface area contributed by atoms with Gasteiger partial charge in [-0.1, -0.05) is 25.1 Å².